The number of piperidine rings is 1. The maximum atomic E-state index is 10.5. The largest absolute Gasteiger partial charge is 0.387 e. The molecule has 3 atom stereocenters. The molecule has 2 heteroatoms. The van der Waals surface area contributed by atoms with Crippen LogP contribution in [0.4, 0.5) is 0 Å². The molecule has 1 aliphatic rings. The number of rotatable bonds is 3. The fraction of sp³-hybridized carbons (Fsp3) is 0.647. The number of likely N-dealkylation sites (tertiary alicyclic amines) is 1. The topological polar surface area (TPSA) is 23.5 Å². The van der Waals surface area contributed by atoms with Gasteiger partial charge in [-0.05, 0) is 37.7 Å². The van der Waals surface area contributed by atoms with E-state index in [1.54, 1.807) is 0 Å². The van der Waals surface area contributed by atoms with E-state index in [1.807, 2.05) is 0 Å². The maximum absolute atomic E-state index is 10.5. The van der Waals surface area contributed by atoms with Crippen molar-refractivity contribution in [2.75, 3.05) is 19.6 Å². The van der Waals surface area contributed by atoms with Gasteiger partial charge in [0.2, 0.25) is 0 Å². The van der Waals surface area contributed by atoms with Crippen LogP contribution in [0, 0.1) is 25.7 Å². The normalized spacial score (nSPS) is 26.4. The van der Waals surface area contributed by atoms with Crippen LogP contribution in [0.5, 0.6) is 0 Å². The van der Waals surface area contributed by atoms with Gasteiger partial charge in [-0.25, -0.2) is 0 Å². The molecular weight excluding hydrogens is 234 g/mol. The molecule has 0 spiro atoms. The Morgan fingerprint density at radius 2 is 1.63 bits per heavy atom. The van der Waals surface area contributed by atoms with Crippen molar-refractivity contribution >= 4 is 0 Å². The van der Waals surface area contributed by atoms with E-state index in [0.717, 1.165) is 37.0 Å². The zero-order valence-corrected chi connectivity index (χ0v) is 12.7. The fourth-order valence-corrected chi connectivity index (χ4v) is 3.49. The van der Waals surface area contributed by atoms with Gasteiger partial charge >= 0.3 is 0 Å². The van der Waals surface area contributed by atoms with Gasteiger partial charge in [0, 0.05) is 19.6 Å². The summed E-state index contributed by atoms with van der Waals surface area (Å²) in [6.45, 7) is 11.8. The molecular formula is C17H27NO. The van der Waals surface area contributed by atoms with Crippen molar-refractivity contribution in [2.24, 2.45) is 11.8 Å². The number of aliphatic hydroxyl groups excluding tert-OH is 1. The predicted octanol–water partition coefficient (Wildman–Crippen LogP) is 3.31. The van der Waals surface area contributed by atoms with Gasteiger partial charge in [0.05, 0.1) is 6.10 Å². The number of hydrogen-bond acceptors (Lipinski definition) is 2. The molecule has 2 rings (SSSR count). The molecule has 0 saturated carbocycles. The molecule has 1 N–H and O–H groups in total. The van der Waals surface area contributed by atoms with Crippen LogP contribution in [0.3, 0.4) is 0 Å². The molecule has 1 fully saturated rings. The molecule has 0 radical (unpaired) electrons. The highest BCUT2D eigenvalue weighted by Gasteiger charge is 2.23. The SMILES string of the molecule is Cc1cc(C)cc(C(O)CN2CC(C)CC(C)C2)c1. The summed E-state index contributed by atoms with van der Waals surface area (Å²) in [6.07, 6.45) is 0.951. The predicted molar refractivity (Wildman–Crippen MR) is 80.3 cm³/mol. The number of β-amino-alcohol motifs (C(OH)–C–C–N with tert-alkyl or cyclic N) is 1. The molecule has 1 aromatic rings. The summed E-state index contributed by atoms with van der Waals surface area (Å²) in [6, 6.07) is 6.37. The second-order valence-corrected chi connectivity index (χ2v) is 6.60. The summed E-state index contributed by atoms with van der Waals surface area (Å²) >= 11 is 0. The van der Waals surface area contributed by atoms with Crippen molar-refractivity contribution in [1.29, 1.82) is 0 Å². The Morgan fingerprint density at radius 3 is 2.16 bits per heavy atom. The van der Waals surface area contributed by atoms with Gasteiger partial charge in [-0.15, -0.1) is 0 Å². The van der Waals surface area contributed by atoms with Crippen molar-refractivity contribution in [3.63, 3.8) is 0 Å². The third-order valence-electron chi connectivity index (χ3n) is 4.00. The highest BCUT2D eigenvalue weighted by molar-refractivity contribution is 5.30. The van der Waals surface area contributed by atoms with Gasteiger partial charge < -0.3 is 5.11 Å². The van der Waals surface area contributed by atoms with E-state index >= 15 is 0 Å². The number of aryl methyl sites for hydroxylation is 2. The Hall–Kier alpha value is -0.860. The highest BCUT2D eigenvalue weighted by Crippen LogP contribution is 2.24. The molecule has 1 heterocycles. The van der Waals surface area contributed by atoms with Gasteiger partial charge in [-0.3, -0.25) is 4.90 Å². The Morgan fingerprint density at radius 1 is 1.11 bits per heavy atom. The molecule has 0 aromatic heterocycles. The lowest BCUT2D eigenvalue weighted by Crippen LogP contribution is -2.40. The average molecular weight is 261 g/mol. The number of hydrogen-bond donors (Lipinski definition) is 1. The first kappa shape index (κ1) is 14.5. The number of benzene rings is 1. The second-order valence-electron chi connectivity index (χ2n) is 6.60. The lowest BCUT2D eigenvalue weighted by atomic mass is 9.91. The number of nitrogens with zero attached hydrogens (tertiary/aromatic N) is 1. The van der Waals surface area contributed by atoms with E-state index in [2.05, 4.69) is 50.8 Å². The molecule has 1 aromatic carbocycles. The zero-order valence-electron chi connectivity index (χ0n) is 12.7. The van der Waals surface area contributed by atoms with Crippen molar-refractivity contribution < 1.29 is 5.11 Å². The van der Waals surface area contributed by atoms with Crippen molar-refractivity contribution in [3.05, 3.63) is 34.9 Å². The first-order valence-electron chi connectivity index (χ1n) is 7.42. The van der Waals surface area contributed by atoms with Crippen LogP contribution in [0.25, 0.3) is 0 Å². The Balaban J connectivity index is 2.01. The van der Waals surface area contributed by atoms with Gasteiger partial charge in [-0.2, -0.15) is 0 Å². The molecule has 2 nitrogen and oxygen atoms in total. The van der Waals surface area contributed by atoms with Gasteiger partial charge in [0.15, 0.2) is 0 Å². The number of aliphatic hydroxyl groups is 1. The van der Waals surface area contributed by atoms with Crippen molar-refractivity contribution in [2.45, 2.75) is 40.2 Å². The smallest absolute Gasteiger partial charge is 0.0917 e. The van der Waals surface area contributed by atoms with Gasteiger partial charge in [0.25, 0.3) is 0 Å². The Labute approximate surface area is 117 Å². The third-order valence-corrected chi connectivity index (χ3v) is 4.00. The summed E-state index contributed by atoms with van der Waals surface area (Å²) in [5.74, 6) is 1.49. The lowest BCUT2D eigenvalue weighted by molar-refractivity contribution is 0.0699. The second kappa shape index (κ2) is 6.06. The van der Waals surface area contributed by atoms with Crippen molar-refractivity contribution in [3.8, 4) is 0 Å². The molecule has 1 saturated heterocycles. The minimum absolute atomic E-state index is 0.365. The lowest BCUT2D eigenvalue weighted by Gasteiger charge is -2.36. The summed E-state index contributed by atoms with van der Waals surface area (Å²) < 4.78 is 0. The summed E-state index contributed by atoms with van der Waals surface area (Å²) in [4.78, 5) is 2.42. The maximum Gasteiger partial charge on any atom is 0.0917 e. The third kappa shape index (κ3) is 4.05. The summed E-state index contributed by atoms with van der Waals surface area (Å²) in [7, 11) is 0. The van der Waals surface area contributed by atoms with E-state index < -0.39 is 0 Å². The molecule has 3 unspecified atom stereocenters. The van der Waals surface area contributed by atoms with E-state index in [4.69, 9.17) is 0 Å². The van der Waals surface area contributed by atoms with E-state index in [-0.39, 0.29) is 6.10 Å². The molecule has 106 valence electrons. The molecule has 0 aliphatic carbocycles. The first-order valence-corrected chi connectivity index (χ1v) is 7.42. The van der Waals surface area contributed by atoms with Crippen LogP contribution in [0.15, 0.2) is 18.2 Å². The highest BCUT2D eigenvalue weighted by atomic mass is 16.3. The van der Waals surface area contributed by atoms with Crippen LogP contribution in [0.2, 0.25) is 0 Å². The standard InChI is InChI=1S/C17H27NO/c1-12-5-13(2)8-16(7-12)17(19)11-18-9-14(3)6-15(4)10-18/h5,7-8,14-15,17,19H,6,9-11H2,1-4H3. The van der Waals surface area contributed by atoms with Crippen LogP contribution in [0.1, 0.15) is 43.1 Å². The van der Waals surface area contributed by atoms with Gasteiger partial charge in [0.1, 0.15) is 0 Å². The Kier molecular flexibility index (Phi) is 4.64. The van der Waals surface area contributed by atoms with Crippen molar-refractivity contribution in [1.82, 2.24) is 4.90 Å². The van der Waals surface area contributed by atoms with Crippen LogP contribution < -0.4 is 0 Å². The fourth-order valence-electron chi connectivity index (χ4n) is 3.49. The van der Waals surface area contributed by atoms with Crippen LogP contribution >= 0.6 is 0 Å². The minimum atomic E-state index is -0.365. The average Bonchev–Trinajstić information content (AvgIpc) is 2.25. The van der Waals surface area contributed by atoms with E-state index in [0.29, 0.717) is 0 Å². The summed E-state index contributed by atoms with van der Waals surface area (Å²) in [5, 5.41) is 10.5. The minimum Gasteiger partial charge on any atom is -0.387 e. The van der Waals surface area contributed by atoms with Crippen LogP contribution in [-0.4, -0.2) is 29.6 Å². The van der Waals surface area contributed by atoms with E-state index in [1.165, 1.54) is 17.5 Å². The monoisotopic (exact) mass is 261 g/mol. The molecule has 0 amide bonds. The molecule has 19 heavy (non-hydrogen) atoms. The molecule has 1 aliphatic heterocycles. The van der Waals surface area contributed by atoms with Gasteiger partial charge in [-0.1, -0.05) is 43.2 Å². The van der Waals surface area contributed by atoms with E-state index in [9.17, 15) is 5.11 Å². The zero-order chi connectivity index (χ0) is 14.0. The summed E-state index contributed by atoms with van der Waals surface area (Å²) in [5.41, 5.74) is 3.52. The first-order chi connectivity index (χ1) is 8.94. The van der Waals surface area contributed by atoms with Crippen LogP contribution in [-0.2, 0) is 0 Å². The quantitative estimate of drug-likeness (QED) is 0.902. The Bertz CT molecular complexity index is 399. The molecule has 0 bridgehead atoms.